The van der Waals surface area contributed by atoms with Crippen LogP contribution in [-0.4, -0.2) is 22.1 Å². The average molecular weight is 128 g/mol. The molecule has 3 heteroatoms. The van der Waals surface area contributed by atoms with Crippen LogP contribution in [0, 0.1) is 0 Å². The largest absolute Gasteiger partial charge is 0.515 e. The molecule has 2 N–H and O–H groups in total. The Balaban J connectivity index is 2.78. The van der Waals surface area contributed by atoms with Crippen LogP contribution in [0.15, 0.2) is 11.8 Å². The lowest BCUT2D eigenvalue weighted by Gasteiger charge is -1.96. The van der Waals surface area contributed by atoms with Crippen molar-refractivity contribution in [2.24, 2.45) is 0 Å². The average Bonchev–Trinajstić information content (AvgIpc) is 2.12. The summed E-state index contributed by atoms with van der Waals surface area (Å²) >= 11 is 0. The van der Waals surface area contributed by atoms with Gasteiger partial charge in [0.2, 0.25) is 0 Å². The molecule has 0 spiro atoms. The topological polar surface area (TPSA) is 57.5 Å². The minimum Gasteiger partial charge on any atom is -0.515 e. The maximum absolute atomic E-state index is 10.6. The summed E-state index contributed by atoms with van der Waals surface area (Å²) in [5.41, 5.74) is 0.148. The first-order chi connectivity index (χ1) is 4.25. The molecule has 0 aromatic heterocycles. The van der Waals surface area contributed by atoms with Gasteiger partial charge in [-0.3, -0.25) is 4.79 Å². The lowest BCUT2D eigenvalue weighted by molar-refractivity contribution is -0.114. The molecule has 1 unspecified atom stereocenters. The summed E-state index contributed by atoms with van der Waals surface area (Å²) in [5, 5.41) is 17.3. The highest BCUT2D eigenvalue weighted by atomic mass is 16.3. The molecule has 0 amide bonds. The number of ketones is 1. The van der Waals surface area contributed by atoms with Crippen molar-refractivity contribution in [3.63, 3.8) is 0 Å². The predicted octanol–water partition coefficient (Wildman–Crippen LogP) is 0.152. The summed E-state index contributed by atoms with van der Waals surface area (Å²) in [4.78, 5) is 10.6. The van der Waals surface area contributed by atoms with E-state index in [1.165, 1.54) is 0 Å². The summed E-state index contributed by atoms with van der Waals surface area (Å²) in [5.74, 6) is -0.148. The Hall–Kier alpha value is -0.830. The van der Waals surface area contributed by atoms with Gasteiger partial charge in [-0.2, -0.15) is 0 Å². The van der Waals surface area contributed by atoms with Crippen molar-refractivity contribution < 1.29 is 15.0 Å². The van der Waals surface area contributed by atoms with E-state index in [9.17, 15) is 4.79 Å². The number of aliphatic hydroxyl groups excluding tert-OH is 2. The molecule has 0 aromatic rings. The van der Waals surface area contributed by atoms with Gasteiger partial charge in [0.05, 0.1) is 17.9 Å². The van der Waals surface area contributed by atoms with E-state index in [0.717, 1.165) is 0 Å². The van der Waals surface area contributed by atoms with E-state index in [1.54, 1.807) is 0 Å². The van der Waals surface area contributed by atoms with Crippen LogP contribution in [0.3, 0.4) is 0 Å². The zero-order valence-electron chi connectivity index (χ0n) is 4.87. The van der Waals surface area contributed by atoms with Gasteiger partial charge >= 0.3 is 0 Å². The third-order valence-corrected chi connectivity index (χ3v) is 1.46. The quantitative estimate of drug-likeness (QED) is 0.360. The maximum Gasteiger partial charge on any atom is 0.164 e. The van der Waals surface area contributed by atoms with Gasteiger partial charge in [-0.25, -0.2) is 0 Å². The van der Waals surface area contributed by atoms with Crippen LogP contribution < -0.4 is 0 Å². The number of aliphatic hydroxyl groups is 2. The molecule has 50 valence electrons. The van der Waals surface area contributed by atoms with Crippen molar-refractivity contribution in [3.05, 3.63) is 11.8 Å². The van der Waals surface area contributed by atoms with Crippen molar-refractivity contribution in [2.45, 2.75) is 18.9 Å². The smallest absolute Gasteiger partial charge is 0.164 e. The maximum atomic E-state index is 10.6. The van der Waals surface area contributed by atoms with Crippen LogP contribution in [0.1, 0.15) is 12.8 Å². The van der Waals surface area contributed by atoms with Gasteiger partial charge in [0.15, 0.2) is 5.78 Å². The SMILES string of the molecule is O=C1CCC(O)C1=CO. The molecule has 0 bridgehead atoms. The fraction of sp³-hybridized carbons (Fsp3) is 0.500. The normalized spacial score (nSPS) is 31.9. The zero-order valence-corrected chi connectivity index (χ0v) is 4.87. The molecule has 1 atom stereocenters. The van der Waals surface area contributed by atoms with Gasteiger partial charge in [-0.05, 0) is 6.42 Å². The van der Waals surface area contributed by atoms with Gasteiger partial charge < -0.3 is 10.2 Å². The molecule has 9 heavy (non-hydrogen) atoms. The number of carbonyl (C=O) groups excluding carboxylic acids is 1. The van der Waals surface area contributed by atoms with E-state index in [2.05, 4.69) is 0 Å². The van der Waals surface area contributed by atoms with Crippen LogP contribution >= 0.6 is 0 Å². The van der Waals surface area contributed by atoms with E-state index in [1.807, 2.05) is 0 Å². The monoisotopic (exact) mass is 128 g/mol. The lowest BCUT2D eigenvalue weighted by Crippen LogP contribution is -2.05. The second-order valence-corrected chi connectivity index (χ2v) is 2.06. The van der Waals surface area contributed by atoms with E-state index < -0.39 is 6.10 Å². The van der Waals surface area contributed by atoms with Crippen molar-refractivity contribution in [1.29, 1.82) is 0 Å². The Labute approximate surface area is 52.6 Å². The van der Waals surface area contributed by atoms with Gasteiger partial charge in [0.25, 0.3) is 0 Å². The molecule has 1 aliphatic rings. The van der Waals surface area contributed by atoms with E-state index in [-0.39, 0.29) is 11.4 Å². The molecule has 3 nitrogen and oxygen atoms in total. The molecule has 1 aliphatic carbocycles. The predicted molar refractivity (Wildman–Crippen MR) is 31.0 cm³/mol. The first-order valence-electron chi connectivity index (χ1n) is 2.81. The highest BCUT2D eigenvalue weighted by molar-refractivity contribution is 5.98. The van der Waals surface area contributed by atoms with E-state index >= 15 is 0 Å². The summed E-state index contributed by atoms with van der Waals surface area (Å²) in [6.45, 7) is 0. The lowest BCUT2D eigenvalue weighted by atomic mass is 10.2. The van der Waals surface area contributed by atoms with Gasteiger partial charge in [0.1, 0.15) is 0 Å². The Kier molecular flexibility index (Phi) is 1.53. The molecule has 0 aliphatic heterocycles. The van der Waals surface area contributed by atoms with Gasteiger partial charge in [-0.15, -0.1) is 0 Å². The number of rotatable bonds is 0. The number of hydrogen-bond acceptors (Lipinski definition) is 3. The first kappa shape index (κ1) is 6.29. The van der Waals surface area contributed by atoms with Crippen LogP contribution in [-0.2, 0) is 4.79 Å². The number of carbonyl (C=O) groups is 1. The van der Waals surface area contributed by atoms with Crippen LogP contribution in [0.2, 0.25) is 0 Å². The molecule has 0 heterocycles. The van der Waals surface area contributed by atoms with Crippen LogP contribution in [0.25, 0.3) is 0 Å². The van der Waals surface area contributed by atoms with Crippen molar-refractivity contribution in [1.82, 2.24) is 0 Å². The summed E-state index contributed by atoms with van der Waals surface area (Å²) < 4.78 is 0. The minimum atomic E-state index is -0.734. The van der Waals surface area contributed by atoms with E-state index in [4.69, 9.17) is 10.2 Å². The number of hydrogen-bond donors (Lipinski definition) is 2. The van der Waals surface area contributed by atoms with E-state index in [0.29, 0.717) is 19.1 Å². The molecule has 1 saturated carbocycles. The Morgan fingerprint density at radius 1 is 1.67 bits per heavy atom. The Morgan fingerprint density at radius 3 is 2.56 bits per heavy atom. The second-order valence-electron chi connectivity index (χ2n) is 2.06. The highest BCUT2D eigenvalue weighted by Crippen LogP contribution is 2.19. The fourth-order valence-corrected chi connectivity index (χ4v) is 0.912. The number of Topliss-reactive ketones (excluding diaryl/α,β-unsaturated/α-hetero) is 1. The van der Waals surface area contributed by atoms with Crippen LogP contribution in [0.4, 0.5) is 0 Å². The molecule has 1 fully saturated rings. The summed E-state index contributed by atoms with van der Waals surface area (Å²) in [6.07, 6.45) is 0.765. The summed E-state index contributed by atoms with van der Waals surface area (Å²) in [6, 6.07) is 0. The second kappa shape index (κ2) is 2.19. The van der Waals surface area contributed by atoms with Crippen molar-refractivity contribution in [3.8, 4) is 0 Å². The van der Waals surface area contributed by atoms with Gasteiger partial charge in [0, 0.05) is 6.42 Å². The standard InChI is InChI=1S/C6H8O3/c7-3-4-5(8)1-2-6(4)9/h3,5,7-8H,1-2H2. The molecule has 1 rings (SSSR count). The molecule has 0 radical (unpaired) electrons. The third-order valence-electron chi connectivity index (χ3n) is 1.46. The Bertz CT molecular complexity index is 160. The zero-order chi connectivity index (χ0) is 6.85. The fourth-order valence-electron chi connectivity index (χ4n) is 0.912. The minimum absolute atomic E-state index is 0.148. The van der Waals surface area contributed by atoms with Crippen molar-refractivity contribution in [2.75, 3.05) is 0 Å². The van der Waals surface area contributed by atoms with Crippen molar-refractivity contribution >= 4 is 5.78 Å². The molecular formula is C6H8O3. The highest BCUT2D eigenvalue weighted by Gasteiger charge is 2.26. The summed E-state index contributed by atoms with van der Waals surface area (Å²) in [7, 11) is 0. The molecule has 0 saturated heterocycles. The third kappa shape index (κ3) is 0.954. The molecular weight excluding hydrogens is 120 g/mol. The first-order valence-corrected chi connectivity index (χ1v) is 2.81. The molecule has 0 aromatic carbocycles. The Morgan fingerprint density at radius 2 is 2.33 bits per heavy atom. The van der Waals surface area contributed by atoms with Gasteiger partial charge in [-0.1, -0.05) is 0 Å². The van der Waals surface area contributed by atoms with Crippen LogP contribution in [0.5, 0.6) is 0 Å².